The van der Waals surface area contributed by atoms with Gasteiger partial charge in [-0.05, 0) is 53.6 Å². The molecule has 6 nitrogen and oxygen atoms in total. The Morgan fingerprint density at radius 3 is 1.39 bits per heavy atom. The quantitative estimate of drug-likeness (QED) is 0.154. The van der Waals surface area contributed by atoms with Gasteiger partial charge in [0.15, 0.2) is 23.3 Å². The Morgan fingerprint density at radius 2 is 0.721 bits per heavy atom. The first-order valence-electron chi connectivity index (χ1n) is 20.3. The molecule has 11 rings (SSSR count). The van der Waals surface area contributed by atoms with E-state index in [0.29, 0.717) is 23.3 Å². The number of nitrogens with zero attached hydrogens (tertiary/aromatic N) is 6. The van der Waals surface area contributed by atoms with E-state index in [1.165, 1.54) is 0 Å². The van der Waals surface area contributed by atoms with Crippen molar-refractivity contribution >= 4 is 21.8 Å². The van der Waals surface area contributed by atoms with Crippen LogP contribution in [0.3, 0.4) is 0 Å². The summed E-state index contributed by atoms with van der Waals surface area (Å²) < 4.78 is 2.32. The van der Waals surface area contributed by atoms with Crippen LogP contribution < -0.4 is 0 Å². The summed E-state index contributed by atoms with van der Waals surface area (Å²) in [6.07, 6.45) is 0. The Morgan fingerprint density at radius 1 is 0.279 bits per heavy atom. The average molecular weight is 781 g/mol. The number of para-hydroxylation sites is 2. The molecule has 3 heterocycles. The molecule has 3 aromatic heterocycles. The van der Waals surface area contributed by atoms with E-state index in [4.69, 9.17) is 24.9 Å². The molecule has 0 bridgehead atoms. The Kier molecular flexibility index (Phi) is 9.06. The highest BCUT2D eigenvalue weighted by atomic mass is 15.0. The van der Waals surface area contributed by atoms with Crippen molar-refractivity contribution in [2.75, 3.05) is 0 Å². The van der Waals surface area contributed by atoms with E-state index in [1.807, 2.05) is 72.8 Å². The molecule has 0 aliphatic carbocycles. The summed E-state index contributed by atoms with van der Waals surface area (Å²) in [5.74, 6) is 2.51. The van der Waals surface area contributed by atoms with Crippen molar-refractivity contribution in [2.24, 2.45) is 0 Å². The van der Waals surface area contributed by atoms with E-state index in [2.05, 4.69) is 150 Å². The molecule has 0 radical (unpaired) electrons. The maximum atomic E-state index is 5.27. The lowest BCUT2D eigenvalue weighted by Crippen LogP contribution is -2.00. The van der Waals surface area contributed by atoms with Gasteiger partial charge >= 0.3 is 0 Å². The first-order chi connectivity index (χ1) is 30.2. The molecule has 0 aliphatic rings. The number of aromatic nitrogens is 6. The minimum atomic E-state index is 0.599. The topological polar surface area (TPSA) is 69.4 Å². The highest BCUT2D eigenvalue weighted by Crippen LogP contribution is 2.39. The Hall–Kier alpha value is -8.35. The van der Waals surface area contributed by atoms with Crippen LogP contribution >= 0.6 is 0 Å². The molecule has 286 valence electrons. The summed E-state index contributed by atoms with van der Waals surface area (Å²) in [6, 6.07) is 75.1. The molecule has 0 saturated heterocycles. The van der Waals surface area contributed by atoms with Crippen LogP contribution in [0.2, 0.25) is 0 Å². The predicted molar refractivity (Wildman–Crippen MR) is 248 cm³/mol. The Labute approximate surface area is 353 Å². The molecule has 6 heteroatoms. The lowest BCUT2D eigenvalue weighted by Gasteiger charge is -2.12. The third kappa shape index (κ3) is 6.82. The van der Waals surface area contributed by atoms with E-state index in [1.54, 1.807) is 0 Å². The van der Waals surface area contributed by atoms with Crippen molar-refractivity contribution in [2.45, 2.75) is 0 Å². The zero-order valence-corrected chi connectivity index (χ0v) is 33.0. The molecule has 0 aliphatic heterocycles. The second kappa shape index (κ2) is 15.4. The van der Waals surface area contributed by atoms with Gasteiger partial charge in [0.1, 0.15) is 0 Å². The summed E-state index contributed by atoms with van der Waals surface area (Å²) in [5, 5.41) is 2.23. The number of hydrogen-bond donors (Lipinski definition) is 0. The summed E-state index contributed by atoms with van der Waals surface area (Å²) in [7, 11) is 0. The molecule has 61 heavy (non-hydrogen) atoms. The summed E-state index contributed by atoms with van der Waals surface area (Å²) in [5.41, 5.74) is 12.9. The highest BCUT2D eigenvalue weighted by Gasteiger charge is 2.20. The van der Waals surface area contributed by atoms with E-state index in [-0.39, 0.29) is 0 Å². The van der Waals surface area contributed by atoms with Crippen LogP contribution in [0.15, 0.2) is 218 Å². The van der Waals surface area contributed by atoms with Crippen molar-refractivity contribution in [1.82, 2.24) is 29.5 Å². The molecular formula is C55H36N6. The van der Waals surface area contributed by atoms with E-state index in [9.17, 15) is 0 Å². The van der Waals surface area contributed by atoms with E-state index in [0.717, 1.165) is 83.4 Å². The summed E-state index contributed by atoms with van der Waals surface area (Å²) in [4.78, 5) is 25.7. The summed E-state index contributed by atoms with van der Waals surface area (Å²) >= 11 is 0. The van der Waals surface area contributed by atoms with Gasteiger partial charge in [0.05, 0.1) is 22.4 Å². The van der Waals surface area contributed by atoms with Crippen molar-refractivity contribution < 1.29 is 0 Å². The highest BCUT2D eigenvalue weighted by molar-refractivity contribution is 6.15. The van der Waals surface area contributed by atoms with Crippen molar-refractivity contribution in [3.05, 3.63) is 218 Å². The number of fused-ring (bicyclic) bond motifs is 3. The van der Waals surface area contributed by atoms with Gasteiger partial charge < -0.3 is 4.57 Å². The zero-order valence-electron chi connectivity index (χ0n) is 33.0. The van der Waals surface area contributed by atoms with Gasteiger partial charge in [-0.2, -0.15) is 0 Å². The van der Waals surface area contributed by atoms with Gasteiger partial charge in [-0.3, -0.25) is 0 Å². The lowest BCUT2D eigenvalue weighted by atomic mass is 9.99. The second-order valence-electron chi connectivity index (χ2n) is 14.9. The second-order valence-corrected chi connectivity index (χ2v) is 14.9. The number of benzene rings is 8. The van der Waals surface area contributed by atoms with Gasteiger partial charge in [-0.1, -0.05) is 176 Å². The van der Waals surface area contributed by atoms with Crippen LogP contribution in [0.25, 0.3) is 107 Å². The Balaban J connectivity index is 1.04. The third-order valence-electron chi connectivity index (χ3n) is 11.1. The fraction of sp³-hybridized carbons (Fsp3) is 0. The maximum Gasteiger partial charge on any atom is 0.164 e. The smallest absolute Gasteiger partial charge is 0.164 e. The largest absolute Gasteiger partial charge is 0.309 e. The minimum Gasteiger partial charge on any atom is -0.309 e. The SMILES string of the molecule is c1ccc(-c2cc(-c3cccc(-c4cccc(-c5nc(-c6ccccc6)nc(-c6cccc7c6c6ccccc6n7-c6ccccc6)n5)c4)c3)nc(-c3ccccc3)n2)cc1. The molecule has 0 atom stereocenters. The predicted octanol–water partition coefficient (Wildman–Crippen LogP) is 13.4. The molecule has 0 spiro atoms. The fourth-order valence-electron chi connectivity index (χ4n) is 8.17. The molecule has 0 amide bonds. The van der Waals surface area contributed by atoms with Crippen molar-refractivity contribution in [3.63, 3.8) is 0 Å². The molecule has 0 saturated carbocycles. The van der Waals surface area contributed by atoms with Gasteiger partial charge in [0.2, 0.25) is 0 Å². The van der Waals surface area contributed by atoms with E-state index < -0.39 is 0 Å². The van der Waals surface area contributed by atoms with Crippen LogP contribution in [0, 0.1) is 0 Å². The van der Waals surface area contributed by atoms with E-state index >= 15 is 0 Å². The van der Waals surface area contributed by atoms with Gasteiger partial charge in [-0.25, -0.2) is 24.9 Å². The van der Waals surface area contributed by atoms with Crippen LogP contribution in [0.5, 0.6) is 0 Å². The molecule has 0 N–H and O–H groups in total. The maximum absolute atomic E-state index is 5.27. The van der Waals surface area contributed by atoms with Crippen molar-refractivity contribution in [3.8, 4) is 84.9 Å². The zero-order chi connectivity index (χ0) is 40.5. The van der Waals surface area contributed by atoms with Crippen LogP contribution in [-0.2, 0) is 0 Å². The molecule has 0 fully saturated rings. The number of hydrogen-bond acceptors (Lipinski definition) is 5. The van der Waals surface area contributed by atoms with Crippen LogP contribution in [-0.4, -0.2) is 29.5 Å². The minimum absolute atomic E-state index is 0.599. The van der Waals surface area contributed by atoms with Gasteiger partial charge in [-0.15, -0.1) is 0 Å². The molecular weight excluding hydrogens is 745 g/mol. The lowest BCUT2D eigenvalue weighted by molar-refractivity contribution is 1.08. The first-order valence-corrected chi connectivity index (χ1v) is 20.3. The molecule has 8 aromatic carbocycles. The standard InChI is InChI=1S/C55H36N6/c1-5-18-37(19-6-1)47-36-48(57-52(56-47)38-20-7-2-8-21-38)42-26-15-24-40(34-42)41-25-16-27-43(35-41)54-58-53(39-22-9-3-10-23-39)59-55(60-54)46-31-17-33-50-51(46)45-30-13-14-32-49(45)61(50)44-28-11-4-12-29-44/h1-36H. The Bertz CT molecular complexity index is 3290. The fourth-order valence-corrected chi connectivity index (χ4v) is 8.17. The van der Waals surface area contributed by atoms with Crippen LogP contribution in [0.4, 0.5) is 0 Å². The average Bonchev–Trinajstić information content (AvgIpc) is 3.69. The van der Waals surface area contributed by atoms with Gasteiger partial charge in [0, 0.05) is 49.8 Å². The van der Waals surface area contributed by atoms with Crippen LogP contribution in [0.1, 0.15) is 0 Å². The summed E-state index contributed by atoms with van der Waals surface area (Å²) in [6.45, 7) is 0. The first kappa shape index (κ1) is 35.8. The normalized spacial score (nSPS) is 11.3. The molecule has 11 aromatic rings. The van der Waals surface area contributed by atoms with Gasteiger partial charge in [0.25, 0.3) is 0 Å². The molecule has 0 unspecified atom stereocenters. The van der Waals surface area contributed by atoms with Crippen molar-refractivity contribution in [1.29, 1.82) is 0 Å². The number of rotatable bonds is 8. The third-order valence-corrected chi connectivity index (χ3v) is 11.1. The monoisotopic (exact) mass is 780 g/mol.